The Kier molecular flexibility index (Phi) is 7.95. The van der Waals surface area contributed by atoms with Crippen LogP contribution in [0.25, 0.3) is 0 Å². The van der Waals surface area contributed by atoms with Crippen molar-refractivity contribution in [2.75, 3.05) is 0 Å². The second-order valence-corrected chi connectivity index (χ2v) is 12.3. The number of hydrogen-bond acceptors (Lipinski definition) is 3. The van der Waals surface area contributed by atoms with Crippen LogP contribution in [0.1, 0.15) is 92.3 Å². The summed E-state index contributed by atoms with van der Waals surface area (Å²) in [4.78, 5) is 17.0. The fourth-order valence-corrected chi connectivity index (χ4v) is 6.66. The maximum absolute atomic E-state index is 13.5. The molecule has 2 heterocycles. The number of nitrogens with zero attached hydrogens (tertiary/aromatic N) is 1. The molecule has 2 bridgehead atoms. The molecule has 0 radical (unpaired) electrons. The number of fused-ring (bicyclic) bond motifs is 2. The van der Waals surface area contributed by atoms with Crippen molar-refractivity contribution in [1.29, 1.82) is 0 Å². The van der Waals surface area contributed by atoms with E-state index >= 15 is 0 Å². The molecule has 0 spiro atoms. The van der Waals surface area contributed by atoms with Gasteiger partial charge in [-0.25, -0.2) is 0 Å². The van der Waals surface area contributed by atoms with Crippen LogP contribution in [-0.2, 0) is 5.75 Å². The Morgan fingerprint density at radius 1 is 0.865 bits per heavy atom. The lowest BCUT2D eigenvalue weighted by molar-refractivity contribution is 0.0356. The molecule has 2 aliphatic heterocycles. The van der Waals surface area contributed by atoms with Gasteiger partial charge in [0.15, 0.2) is 0 Å². The van der Waals surface area contributed by atoms with Crippen LogP contribution in [0, 0.1) is 0 Å². The van der Waals surface area contributed by atoms with Gasteiger partial charge in [-0.1, -0.05) is 70.2 Å². The van der Waals surface area contributed by atoms with Gasteiger partial charge in [0.05, 0.1) is 0 Å². The lowest BCUT2D eigenvalue weighted by Crippen LogP contribution is -2.49. The standard InChI is InChI=1S/C33H39NO2S/c1-22(2)25-13-17-30(18-14-25)37-21-24-9-11-26(12-10-24)33(35)34-27-15-16-28(34)20-29(19-27)36-32-8-6-5-7-31(32)23(3)4/h5-14,17-18,22-23,27-29H,15-16,19-21H2,1-4H3/t27-,28-/m0/s1. The molecule has 3 aromatic carbocycles. The van der Waals surface area contributed by atoms with E-state index in [1.165, 1.54) is 21.6 Å². The van der Waals surface area contributed by atoms with E-state index in [1.807, 2.05) is 23.9 Å². The van der Waals surface area contributed by atoms with Gasteiger partial charge in [-0.05, 0) is 71.7 Å². The third kappa shape index (κ3) is 5.90. The Morgan fingerprint density at radius 2 is 1.51 bits per heavy atom. The van der Waals surface area contributed by atoms with Crippen LogP contribution in [0.3, 0.4) is 0 Å². The van der Waals surface area contributed by atoms with Gasteiger partial charge in [-0.15, -0.1) is 11.8 Å². The largest absolute Gasteiger partial charge is 0.490 e. The van der Waals surface area contributed by atoms with Crippen LogP contribution in [0.2, 0.25) is 0 Å². The minimum atomic E-state index is 0.176. The third-order valence-electron chi connectivity index (χ3n) is 7.91. The van der Waals surface area contributed by atoms with E-state index in [0.29, 0.717) is 11.8 Å². The zero-order valence-corrected chi connectivity index (χ0v) is 23.3. The molecule has 2 saturated heterocycles. The van der Waals surface area contributed by atoms with Crippen LogP contribution in [0.4, 0.5) is 0 Å². The number of hydrogen-bond donors (Lipinski definition) is 0. The molecule has 3 aromatic rings. The number of rotatable bonds is 8. The normalized spacial score (nSPS) is 21.0. The Hall–Kier alpha value is -2.72. The number of amides is 1. The Labute approximate surface area is 226 Å². The fraction of sp³-hybridized carbons (Fsp3) is 0.424. The van der Waals surface area contributed by atoms with Gasteiger partial charge < -0.3 is 9.64 Å². The third-order valence-corrected chi connectivity index (χ3v) is 9.00. The number of benzene rings is 3. The molecule has 0 N–H and O–H groups in total. The van der Waals surface area contributed by atoms with Crippen molar-refractivity contribution in [3.8, 4) is 5.75 Å². The highest BCUT2D eigenvalue weighted by Crippen LogP contribution is 2.39. The summed E-state index contributed by atoms with van der Waals surface area (Å²) >= 11 is 1.84. The average molecular weight is 514 g/mol. The zero-order chi connectivity index (χ0) is 25.9. The van der Waals surface area contributed by atoms with Crippen molar-refractivity contribution in [3.63, 3.8) is 0 Å². The first-order valence-electron chi connectivity index (χ1n) is 13.8. The van der Waals surface area contributed by atoms with Crippen LogP contribution in [0.15, 0.2) is 77.7 Å². The maximum atomic E-state index is 13.5. The van der Waals surface area contributed by atoms with Crippen molar-refractivity contribution in [3.05, 3.63) is 95.1 Å². The lowest BCUT2D eigenvalue weighted by Gasteiger charge is -2.39. The second kappa shape index (κ2) is 11.3. The topological polar surface area (TPSA) is 29.5 Å². The van der Waals surface area contributed by atoms with E-state index in [2.05, 4.69) is 93.3 Å². The summed E-state index contributed by atoms with van der Waals surface area (Å²) in [5.74, 6) is 3.07. The van der Waals surface area contributed by atoms with E-state index < -0.39 is 0 Å². The average Bonchev–Trinajstić information content (AvgIpc) is 3.17. The summed E-state index contributed by atoms with van der Waals surface area (Å²) in [5, 5.41) is 0. The molecule has 4 heteroatoms. The van der Waals surface area contributed by atoms with Crippen molar-refractivity contribution in [2.24, 2.45) is 0 Å². The van der Waals surface area contributed by atoms with E-state index in [-0.39, 0.29) is 24.1 Å². The molecular formula is C33H39NO2S. The lowest BCUT2D eigenvalue weighted by atomic mass is 9.97. The summed E-state index contributed by atoms with van der Waals surface area (Å²) in [6.07, 6.45) is 4.16. The molecule has 3 nitrogen and oxygen atoms in total. The monoisotopic (exact) mass is 513 g/mol. The highest BCUT2D eigenvalue weighted by Gasteiger charge is 2.44. The predicted molar refractivity (Wildman–Crippen MR) is 154 cm³/mol. The minimum Gasteiger partial charge on any atom is -0.490 e. The van der Waals surface area contributed by atoms with Gasteiger partial charge in [-0.3, -0.25) is 4.79 Å². The Balaban J connectivity index is 1.18. The summed E-state index contributed by atoms with van der Waals surface area (Å²) in [6.45, 7) is 8.86. The van der Waals surface area contributed by atoms with Gasteiger partial charge >= 0.3 is 0 Å². The van der Waals surface area contributed by atoms with E-state index in [9.17, 15) is 4.79 Å². The zero-order valence-electron chi connectivity index (χ0n) is 22.5. The van der Waals surface area contributed by atoms with Gasteiger partial charge in [0, 0.05) is 41.1 Å². The summed E-state index contributed by atoms with van der Waals surface area (Å²) in [5.41, 5.74) is 4.68. The first-order valence-corrected chi connectivity index (χ1v) is 14.8. The number of carbonyl (C=O) groups excluding carboxylic acids is 1. The van der Waals surface area contributed by atoms with Crippen molar-refractivity contribution >= 4 is 17.7 Å². The van der Waals surface area contributed by atoms with Crippen LogP contribution >= 0.6 is 11.8 Å². The van der Waals surface area contributed by atoms with Crippen LogP contribution in [-0.4, -0.2) is 29.0 Å². The van der Waals surface area contributed by atoms with Gasteiger partial charge in [0.25, 0.3) is 5.91 Å². The number of carbonyl (C=O) groups is 1. The molecule has 0 aromatic heterocycles. The molecule has 0 unspecified atom stereocenters. The molecule has 2 aliphatic rings. The van der Waals surface area contributed by atoms with Crippen molar-refractivity contribution < 1.29 is 9.53 Å². The molecule has 0 aliphatic carbocycles. The van der Waals surface area contributed by atoms with E-state index in [1.54, 1.807) is 0 Å². The molecule has 37 heavy (non-hydrogen) atoms. The van der Waals surface area contributed by atoms with Gasteiger partial charge in [0.1, 0.15) is 11.9 Å². The van der Waals surface area contributed by atoms with Crippen molar-refractivity contribution in [1.82, 2.24) is 4.90 Å². The maximum Gasteiger partial charge on any atom is 0.254 e. The molecule has 2 atom stereocenters. The number of piperidine rings is 1. The summed E-state index contributed by atoms with van der Waals surface area (Å²) in [7, 11) is 0. The highest BCUT2D eigenvalue weighted by atomic mass is 32.2. The number of ether oxygens (including phenoxy) is 1. The molecular weight excluding hydrogens is 474 g/mol. The Morgan fingerprint density at radius 3 is 2.14 bits per heavy atom. The van der Waals surface area contributed by atoms with Crippen LogP contribution < -0.4 is 4.74 Å². The molecule has 0 saturated carbocycles. The summed E-state index contributed by atoms with van der Waals surface area (Å²) in [6, 6.07) is 26.1. The molecule has 194 valence electrons. The number of para-hydroxylation sites is 1. The fourth-order valence-electron chi connectivity index (χ4n) is 5.81. The van der Waals surface area contributed by atoms with E-state index in [4.69, 9.17) is 4.74 Å². The highest BCUT2D eigenvalue weighted by molar-refractivity contribution is 7.98. The smallest absolute Gasteiger partial charge is 0.254 e. The predicted octanol–water partition coefficient (Wildman–Crippen LogP) is 8.44. The first-order chi connectivity index (χ1) is 17.9. The van der Waals surface area contributed by atoms with Crippen LogP contribution in [0.5, 0.6) is 5.75 Å². The SMILES string of the molecule is CC(C)c1ccc(SCc2ccc(C(=O)N3[C@H]4CC[C@H]3CC(Oc3ccccc3C(C)C)C4)cc2)cc1. The first kappa shape index (κ1) is 25.9. The minimum absolute atomic E-state index is 0.176. The second-order valence-electron chi connectivity index (χ2n) is 11.2. The molecule has 5 rings (SSSR count). The Bertz CT molecular complexity index is 1190. The quantitative estimate of drug-likeness (QED) is 0.283. The summed E-state index contributed by atoms with van der Waals surface area (Å²) < 4.78 is 6.52. The molecule has 1 amide bonds. The number of thioether (sulfide) groups is 1. The van der Waals surface area contributed by atoms with Gasteiger partial charge in [-0.2, -0.15) is 0 Å². The van der Waals surface area contributed by atoms with Crippen molar-refractivity contribution in [2.45, 2.75) is 94.1 Å². The van der Waals surface area contributed by atoms with Gasteiger partial charge in [0.2, 0.25) is 0 Å². The molecule has 2 fully saturated rings. The van der Waals surface area contributed by atoms with E-state index in [0.717, 1.165) is 42.7 Å².